The monoisotopic (exact) mass is 390 g/mol. The van der Waals surface area contributed by atoms with E-state index in [9.17, 15) is 4.79 Å². The number of esters is 1. The molecule has 0 atom stereocenters. The molecule has 0 aliphatic heterocycles. The van der Waals surface area contributed by atoms with Crippen molar-refractivity contribution >= 4 is 21.9 Å². The summed E-state index contributed by atoms with van der Waals surface area (Å²) in [6.45, 7) is 2.50. The third-order valence-electron chi connectivity index (χ3n) is 2.99. The van der Waals surface area contributed by atoms with E-state index in [1.54, 1.807) is 11.1 Å². The lowest BCUT2D eigenvalue weighted by atomic mass is 10.1. The Morgan fingerprint density at radius 3 is 2.21 bits per heavy atom. The van der Waals surface area contributed by atoms with Crippen molar-refractivity contribution < 1.29 is 9.53 Å². The van der Waals surface area contributed by atoms with Crippen LogP contribution in [0.1, 0.15) is 71.1 Å². The van der Waals surface area contributed by atoms with Gasteiger partial charge >= 0.3 is 5.97 Å². The molecule has 0 rings (SSSR count). The summed E-state index contributed by atoms with van der Waals surface area (Å²) in [5.41, 5.74) is 0. The minimum absolute atomic E-state index is 0.129. The minimum atomic E-state index is -0.129. The lowest BCUT2D eigenvalue weighted by Crippen LogP contribution is -2.04. The van der Waals surface area contributed by atoms with Crippen LogP contribution in [0.4, 0.5) is 0 Å². The lowest BCUT2D eigenvalue weighted by Gasteiger charge is -2.00. The first kappa shape index (κ1) is 22.4. The zero-order valence-electron chi connectivity index (χ0n) is 14.6. The van der Waals surface area contributed by atoms with Crippen molar-refractivity contribution in [2.75, 3.05) is 6.61 Å². The van der Waals surface area contributed by atoms with Crippen molar-refractivity contribution in [3.8, 4) is 35.5 Å². The molecule has 0 aromatic carbocycles. The van der Waals surface area contributed by atoms with Crippen molar-refractivity contribution in [2.24, 2.45) is 0 Å². The fourth-order valence-corrected chi connectivity index (χ4v) is 1.90. The summed E-state index contributed by atoms with van der Waals surface area (Å²) in [6, 6.07) is 0. The Bertz CT molecular complexity index is 529. The third kappa shape index (κ3) is 18.4. The number of carbonyl (C=O) groups excluding carboxylic acids is 1. The van der Waals surface area contributed by atoms with Gasteiger partial charge in [0.25, 0.3) is 0 Å². The van der Waals surface area contributed by atoms with Gasteiger partial charge in [-0.25, -0.2) is 0 Å². The highest BCUT2D eigenvalue weighted by atomic mass is 79.9. The summed E-state index contributed by atoms with van der Waals surface area (Å²) in [5.74, 6) is 17.7. The van der Waals surface area contributed by atoms with Gasteiger partial charge in [0.2, 0.25) is 0 Å². The number of ether oxygens (including phenoxy) is 1. The van der Waals surface area contributed by atoms with Crippen LogP contribution in [0, 0.1) is 35.5 Å². The molecule has 0 N–H and O–H groups in total. The topological polar surface area (TPSA) is 26.3 Å². The maximum absolute atomic E-state index is 11.2. The number of rotatable bonds is 10. The van der Waals surface area contributed by atoms with Crippen LogP contribution in [0.3, 0.4) is 0 Å². The molecule has 0 aliphatic carbocycles. The molecule has 24 heavy (non-hydrogen) atoms. The second-order valence-corrected chi connectivity index (χ2v) is 5.73. The molecule has 0 amide bonds. The molecule has 0 radical (unpaired) electrons. The average molecular weight is 391 g/mol. The smallest absolute Gasteiger partial charge is 0.305 e. The molecule has 0 aromatic rings. The molecule has 0 saturated heterocycles. The van der Waals surface area contributed by atoms with Crippen LogP contribution in [0.2, 0.25) is 0 Å². The highest BCUT2D eigenvalue weighted by molar-refractivity contribution is 9.11. The summed E-state index contributed by atoms with van der Waals surface area (Å²) in [5, 5.41) is 0. The van der Waals surface area contributed by atoms with Gasteiger partial charge in [0.05, 0.1) is 6.61 Å². The van der Waals surface area contributed by atoms with Crippen LogP contribution in [0.25, 0.3) is 0 Å². The molecule has 0 unspecified atom stereocenters. The molecular formula is C21H27BrO2. The molecule has 2 nitrogen and oxygen atoms in total. The molecule has 130 valence electrons. The van der Waals surface area contributed by atoms with Crippen molar-refractivity contribution in [2.45, 2.75) is 71.1 Å². The van der Waals surface area contributed by atoms with Crippen LogP contribution in [0.5, 0.6) is 0 Å². The van der Waals surface area contributed by atoms with Gasteiger partial charge in [0.1, 0.15) is 0 Å². The summed E-state index contributed by atoms with van der Waals surface area (Å²) in [7, 11) is 0. The van der Waals surface area contributed by atoms with Gasteiger partial charge in [0, 0.05) is 25.7 Å². The van der Waals surface area contributed by atoms with E-state index in [1.807, 2.05) is 6.92 Å². The van der Waals surface area contributed by atoms with Crippen LogP contribution < -0.4 is 0 Å². The number of hydrogen-bond donors (Lipinski definition) is 0. The van der Waals surface area contributed by atoms with Gasteiger partial charge in [0.15, 0.2) is 0 Å². The molecular weight excluding hydrogens is 364 g/mol. The molecule has 0 fully saturated rings. The van der Waals surface area contributed by atoms with Crippen molar-refractivity contribution in [3.63, 3.8) is 0 Å². The van der Waals surface area contributed by atoms with Crippen molar-refractivity contribution in [1.82, 2.24) is 0 Å². The van der Waals surface area contributed by atoms with Gasteiger partial charge in [-0.05, 0) is 48.6 Å². The number of hydrogen-bond acceptors (Lipinski definition) is 2. The van der Waals surface area contributed by atoms with E-state index in [2.05, 4.69) is 51.5 Å². The van der Waals surface area contributed by atoms with E-state index in [4.69, 9.17) is 4.74 Å². The first-order valence-corrected chi connectivity index (χ1v) is 9.57. The third-order valence-corrected chi connectivity index (χ3v) is 3.26. The maximum Gasteiger partial charge on any atom is 0.305 e. The Morgan fingerprint density at radius 1 is 0.958 bits per heavy atom. The van der Waals surface area contributed by atoms with Gasteiger partial charge in [-0.2, -0.15) is 0 Å². The summed E-state index contributed by atoms with van der Waals surface area (Å²) < 4.78 is 4.99. The van der Waals surface area contributed by atoms with Crippen molar-refractivity contribution in [1.29, 1.82) is 0 Å². The molecule has 3 heteroatoms. The van der Waals surface area contributed by atoms with E-state index in [0.717, 1.165) is 38.5 Å². The lowest BCUT2D eigenvalue weighted by molar-refractivity contribution is -0.143. The predicted octanol–water partition coefficient (Wildman–Crippen LogP) is 5.37. The Morgan fingerprint density at radius 2 is 1.58 bits per heavy atom. The Kier molecular flexibility index (Phi) is 18.1. The standard InChI is InChI=1S/C21H27BrO2/c1-2-20-24-21(23)18-16-14-12-10-8-6-4-3-5-7-9-11-13-15-17-19-22/h17,19H,2-5,7,9,11,14,16,18,20H2,1H3/b19-17+. The summed E-state index contributed by atoms with van der Waals surface area (Å²) >= 11 is 3.18. The van der Waals surface area contributed by atoms with E-state index in [1.165, 1.54) is 12.8 Å². The van der Waals surface area contributed by atoms with Crippen LogP contribution in [-0.4, -0.2) is 12.6 Å². The maximum atomic E-state index is 11.2. The van der Waals surface area contributed by atoms with Crippen LogP contribution >= 0.6 is 15.9 Å². The number of halogens is 1. The van der Waals surface area contributed by atoms with Gasteiger partial charge in [-0.3, -0.25) is 4.79 Å². The zero-order chi connectivity index (χ0) is 17.7. The highest BCUT2D eigenvalue weighted by Crippen LogP contribution is 2.04. The second kappa shape index (κ2) is 19.4. The predicted molar refractivity (Wildman–Crippen MR) is 104 cm³/mol. The van der Waals surface area contributed by atoms with Crippen LogP contribution in [-0.2, 0) is 9.53 Å². The largest absolute Gasteiger partial charge is 0.466 e. The molecule has 0 aromatic heterocycles. The molecule has 0 saturated carbocycles. The normalized spacial score (nSPS) is 9.25. The first-order valence-electron chi connectivity index (χ1n) is 8.66. The SMILES string of the molecule is CCCOC(=O)CCCC#CC#CCCCCCCC#C/C=C/Br. The fraction of sp³-hybridized carbons (Fsp3) is 0.571. The quantitative estimate of drug-likeness (QED) is 0.284. The van der Waals surface area contributed by atoms with E-state index in [-0.39, 0.29) is 5.97 Å². The second-order valence-electron chi connectivity index (χ2n) is 5.21. The molecule has 0 heterocycles. The Hall–Kier alpha value is -1.63. The van der Waals surface area contributed by atoms with Crippen molar-refractivity contribution in [3.05, 3.63) is 11.1 Å². The Balaban J connectivity index is 3.46. The van der Waals surface area contributed by atoms with Gasteiger partial charge in [-0.1, -0.05) is 59.4 Å². The minimum Gasteiger partial charge on any atom is -0.466 e. The number of allylic oxidation sites excluding steroid dienone is 1. The first-order chi connectivity index (χ1) is 11.8. The summed E-state index contributed by atoms with van der Waals surface area (Å²) in [4.78, 5) is 13.0. The van der Waals surface area contributed by atoms with E-state index < -0.39 is 0 Å². The highest BCUT2D eigenvalue weighted by Gasteiger charge is 1.99. The number of carbonyl (C=O) groups is 1. The van der Waals surface area contributed by atoms with Crippen LogP contribution in [0.15, 0.2) is 11.1 Å². The number of unbranched alkanes of at least 4 members (excludes halogenated alkanes) is 6. The van der Waals surface area contributed by atoms with Gasteiger partial charge < -0.3 is 4.74 Å². The fourth-order valence-electron chi connectivity index (χ4n) is 1.77. The zero-order valence-corrected chi connectivity index (χ0v) is 16.2. The Labute approximate surface area is 155 Å². The van der Waals surface area contributed by atoms with E-state index >= 15 is 0 Å². The van der Waals surface area contributed by atoms with Gasteiger partial charge in [-0.15, -0.1) is 0 Å². The summed E-state index contributed by atoms with van der Waals surface area (Å²) in [6.07, 6.45) is 11.1. The van der Waals surface area contributed by atoms with E-state index in [0.29, 0.717) is 19.4 Å². The molecule has 0 aliphatic rings. The molecule has 0 spiro atoms. The molecule has 0 bridgehead atoms. The average Bonchev–Trinajstić information content (AvgIpc) is 2.59.